The molecule has 4 atom stereocenters. The Morgan fingerprint density at radius 2 is 1.58 bits per heavy atom. The molecule has 0 heterocycles. The highest BCUT2D eigenvalue weighted by Crippen LogP contribution is 2.02. The second kappa shape index (κ2) is 5.18. The number of rotatable bonds is 5. The number of hydrogen-bond acceptors (Lipinski definition) is 6. The molecule has 0 aromatic rings. The summed E-state index contributed by atoms with van der Waals surface area (Å²) < 4.78 is 0. The molecule has 0 aliphatic rings. The van der Waals surface area contributed by atoms with Crippen LogP contribution in [0, 0.1) is 0 Å². The van der Waals surface area contributed by atoms with Gasteiger partial charge in [-0.3, -0.25) is 0 Å². The molecular weight excluding hydrogens is 168 g/mol. The first kappa shape index (κ1) is 11.5. The number of hydrogen-bond donors (Lipinski definition) is 5. The number of carbonyl (C=O) groups excluding carboxylic acids is 1. The van der Waals surface area contributed by atoms with Crippen LogP contribution in [0.3, 0.4) is 0 Å². The summed E-state index contributed by atoms with van der Waals surface area (Å²) in [5.41, 5.74) is 0. The van der Waals surface area contributed by atoms with Gasteiger partial charge in [-0.2, -0.15) is 0 Å². The predicted octanol–water partition coefficient (Wildman–Crippen LogP) is -3.38. The van der Waals surface area contributed by atoms with Gasteiger partial charge < -0.3 is 30.3 Å². The van der Waals surface area contributed by atoms with Crippen molar-refractivity contribution in [1.82, 2.24) is 0 Å². The van der Waals surface area contributed by atoms with Gasteiger partial charge in [0.25, 0.3) is 0 Å². The van der Waals surface area contributed by atoms with Crippen molar-refractivity contribution in [2.45, 2.75) is 24.4 Å². The smallest absolute Gasteiger partial charge is 0.151 e. The number of carbonyl (C=O) groups is 1. The Morgan fingerprint density at radius 3 is 1.92 bits per heavy atom. The van der Waals surface area contributed by atoms with E-state index in [0.717, 1.165) is 0 Å². The van der Waals surface area contributed by atoms with Gasteiger partial charge >= 0.3 is 0 Å². The van der Waals surface area contributed by atoms with Crippen LogP contribution in [0.25, 0.3) is 0 Å². The van der Waals surface area contributed by atoms with E-state index in [1.165, 1.54) is 0 Å². The van der Waals surface area contributed by atoms with Crippen molar-refractivity contribution in [3.63, 3.8) is 0 Å². The van der Waals surface area contributed by atoms with Gasteiger partial charge in [-0.05, 0) is 0 Å². The molecule has 0 amide bonds. The Labute approximate surface area is 68.7 Å². The van der Waals surface area contributed by atoms with Gasteiger partial charge in [0.1, 0.15) is 24.4 Å². The third-order valence-corrected chi connectivity index (χ3v) is 1.42. The SMILES string of the molecule is O=C[C@H](O)[C@@H](O)[C@H](O)C(O)CO. The van der Waals surface area contributed by atoms with E-state index in [9.17, 15) is 4.79 Å². The summed E-state index contributed by atoms with van der Waals surface area (Å²) in [6, 6.07) is 0. The van der Waals surface area contributed by atoms with Crippen molar-refractivity contribution in [3.05, 3.63) is 0 Å². The molecule has 0 aromatic carbocycles. The predicted molar refractivity (Wildman–Crippen MR) is 37.2 cm³/mol. The number of aliphatic hydroxyl groups is 5. The maximum Gasteiger partial charge on any atom is 0.151 e. The molecule has 0 rings (SSSR count). The average molecular weight is 180 g/mol. The van der Waals surface area contributed by atoms with Crippen LogP contribution in [0.1, 0.15) is 0 Å². The maximum absolute atomic E-state index is 9.90. The minimum Gasteiger partial charge on any atom is -0.394 e. The lowest BCUT2D eigenvalue weighted by Crippen LogP contribution is -2.46. The summed E-state index contributed by atoms with van der Waals surface area (Å²) in [5.74, 6) is 0. The molecule has 12 heavy (non-hydrogen) atoms. The molecule has 6 heteroatoms. The molecule has 72 valence electrons. The third kappa shape index (κ3) is 2.84. The normalized spacial score (nSPS) is 21.1. The largest absolute Gasteiger partial charge is 0.394 e. The fourth-order valence-corrected chi connectivity index (χ4v) is 0.618. The van der Waals surface area contributed by atoms with Gasteiger partial charge in [-0.1, -0.05) is 0 Å². The van der Waals surface area contributed by atoms with E-state index in [1.54, 1.807) is 0 Å². The molecule has 1 unspecified atom stereocenters. The van der Waals surface area contributed by atoms with Gasteiger partial charge in [0, 0.05) is 0 Å². The summed E-state index contributed by atoms with van der Waals surface area (Å²) in [4.78, 5) is 9.90. The molecule has 0 radical (unpaired) electrons. The van der Waals surface area contributed by atoms with Crippen LogP contribution in [-0.4, -0.2) is 62.8 Å². The Bertz CT molecular complexity index is 138. The Balaban J connectivity index is 4.07. The molecule has 0 saturated carbocycles. The quantitative estimate of drug-likeness (QED) is 0.282. The first-order valence-electron chi connectivity index (χ1n) is 3.33. The first-order chi connectivity index (χ1) is 5.54. The van der Waals surface area contributed by atoms with E-state index >= 15 is 0 Å². The highest BCUT2D eigenvalue weighted by atomic mass is 16.4. The number of aldehydes is 1. The lowest BCUT2D eigenvalue weighted by molar-refractivity contribution is -0.136. The van der Waals surface area contributed by atoms with Gasteiger partial charge in [-0.25, -0.2) is 0 Å². The minimum atomic E-state index is -1.79. The van der Waals surface area contributed by atoms with Crippen LogP contribution in [0.4, 0.5) is 0 Å². The first-order valence-corrected chi connectivity index (χ1v) is 3.33. The van der Waals surface area contributed by atoms with Crippen molar-refractivity contribution < 1.29 is 30.3 Å². The molecule has 0 fully saturated rings. The van der Waals surface area contributed by atoms with Gasteiger partial charge in [0.05, 0.1) is 6.61 Å². The molecule has 0 bridgehead atoms. The lowest BCUT2D eigenvalue weighted by atomic mass is 10.0. The van der Waals surface area contributed by atoms with Crippen molar-refractivity contribution in [2.75, 3.05) is 6.61 Å². The standard InChI is InChI=1S/C6H12O6/c7-1-3(9)5(11)6(12)4(10)2-8/h1,3-6,8-12H,2H2/t3-,4?,5+,6+/m0/s1. The Hall–Kier alpha value is -0.530. The van der Waals surface area contributed by atoms with Crippen LogP contribution in [0.5, 0.6) is 0 Å². The molecule has 0 spiro atoms. The monoisotopic (exact) mass is 180 g/mol. The zero-order valence-electron chi connectivity index (χ0n) is 6.24. The summed E-state index contributed by atoms with van der Waals surface area (Å²) in [6.45, 7) is -0.760. The Morgan fingerprint density at radius 1 is 1.08 bits per heavy atom. The summed E-state index contributed by atoms with van der Waals surface area (Å²) in [6.07, 6.45) is -6.84. The molecule has 0 saturated heterocycles. The van der Waals surface area contributed by atoms with Crippen LogP contribution in [-0.2, 0) is 4.79 Å². The minimum absolute atomic E-state index is 0.0258. The van der Waals surface area contributed by atoms with Crippen molar-refractivity contribution >= 4 is 6.29 Å². The molecule has 0 aliphatic carbocycles. The van der Waals surface area contributed by atoms with Crippen LogP contribution in [0.15, 0.2) is 0 Å². The topological polar surface area (TPSA) is 118 Å². The lowest BCUT2D eigenvalue weighted by Gasteiger charge is -2.22. The summed E-state index contributed by atoms with van der Waals surface area (Å²) in [5, 5.41) is 43.5. The number of aliphatic hydroxyl groups excluding tert-OH is 5. The molecule has 0 aliphatic heterocycles. The van der Waals surface area contributed by atoms with Gasteiger partial charge in [-0.15, -0.1) is 0 Å². The highest BCUT2D eigenvalue weighted by Gasteiger charge is 2.29. The Kier molecular flexibility index (Phi) is 4.95. The van der Waals surface area contributed by atoms with Gasteiger partial charge in [0.2, 0.25) is 0 Å². The molecule has 5 N–H and O–H groups in total. The van der Waals surface area contributed by atoms with Crippen molar-refractivity contribution in [1.29, 1.82) is 0 Å². The van der Waals surface area contributed by atoms with Crippen molar-refractivity contribution in [2.24, 2.45) is 0 Å². The third-order valence-electron chi connectivity index (χ3n) is 1.42. The molecular formula is C6H12O6. The highest BCUT2D eigenvalue weighted by molar-refractivity contribution is 5.56. The van der Waals surface area contributed by atoms with E-state index in [-0.39, 0.29) is 6.29 Å². The zero-order chi connectivity index (χ0) is 9.72. The van der Waals surface area contributed by atoms with Crippen LogP contribution in [0.2, 0.25) is 0 Å². The van der Waals surface area contributed by atoms with E-state index in [2.05, 4.69) is 0 Å². The second-order valence-electron chi connectivity index (χ2n) is 2.36. The van der Waals surface area contributed by atoms with Gasteiger partial charge in [0.15, 0.2) is 6.29 Å². The fraction of sp³-hybridized carbons (Fsp3) is 0.833. The van der Waals surface area contributed by atoms with E-state index in [4.69, 9.17) is 25.5 Å². The van der Waals surface area contributed by atoms with E-state index < -0.39 is 31.0 Å². The fourth-order valence-electron chi connectivity index (χ4n) is 0.618. The molecule has 0 aromatic heterocycles. The summed E-state index contributed by atoms with van der Waals surface area (Å²) >= 11 is 0. The van der Waals surface area contributed by atoms with Crippen molar-refractivity contribution in [3.8, 4) is 0 Å². The molecule has 6 nitrogen and oxygen atoms in total. The van der Waals surface area contributed by atoms with Crippen LogP contribution >= 0.6 is 0 Å². The maximum atomic E-state index is 9.90. The average Bonchev–Trinajstić information content (AvgIpc) is 2.12. The van der Waals surface area contributed by atoms with Crippen LogP contribution < -0.4 is 0 Å². The second-order valence-corrected chi connectivity index (χ2v) is 2.36. The zero-order valence-corrected chi connectivity index (χ0v) is 6.24. The van der Waals surface area contributed by atoms with E-state index in [0.29, 0.717) is 0 Å². The summed E-state index contributed by atoms with van der Waals surface area (Å²) in [7, 11) is 0. The van der Waals surface area contributed by atoms with E-state index in [1.807, 2.05) is 0 Å².